The fourth-order valence-electron chi connectivity index (χ4n) is 0.942. The topological polar surface area (TPSA) is 61.4 Å². The van der Waals surface area contributed by atoms with E-state index < -0.39 is 0 Å². The van der Waals surface area contributed by atoms with Crippen molar-refractivity contribution >= 4 is 5.91 Å². The minimum atomic E-state index is 0.0471. The number of carbonyl (C=O) groups is 1. The van der Waals surface area contributed by atoms with Crippen molar-refractivity contribution in [2.24, 2.45) is 0 Å². The van der Waals surface area contributed by atoms with Crippen LogP contribution >= 0.6 is 0 Å². The van der Waals surface area contributed by atoms with Crippen molar-refractivity contribution in [1.82, 2.24) is 10.6 Å². The van der Waals surface area contributed by atoms with Crippen molar-refractivity contribution in [1.29, 1.82) is 0 Å². The molecule has 0 saturated carbocycles. The van der Waals surface area contributed by atoms with E-state index in [9.17, 15) is 4.79 Å². The average Bonchev–Trinajstić information content (AvgIpc) is 2.14. The number of nitrogens with one attached hydrogen (secondary N) is 2. The summed E-state index contributed by atoms with van der Waals surface area (Å²) in [6.45, 7) is 4.14. The van der Waals surface area contributed by atoms with Gasteiger partial charge in [-0.2, -0.15) is 0 Å². The molecule has 0 aliphatic heterocycles. The highest BCUT2D eigenvalue weighted by atomic mass is 16.2. The molecule has 0 aliphatic carbocycles. The monoisotopic (exact) mass is 188 g/mol. The van der Waals surface area contributed by atoms with Crippen LogP contribution in [0, 0.1) is 0 Å². The van der Waals surface area contributed by atoms with Gasteiger partial charge >= 0.3 is 0 Å². The third-order valence-corrected chi connectivity index (χ3v) is 1.69. The third-order valence-electron chi connectivity index (χ3n) is 1.69. The predicted molar refractivity (Wildman–Crippen MR) is 52.5 cm³/mol. The van der Waals surface area contributed by atoms with Crippen LogP contribution in [0.1, 0.15) is 26.2 Å². The Morgan fingerprint density at radius 1 is 1.31 bits per heavy atom. The van der Waals surface area contributed by atoms with Gasteiger partial charge in [0.25, 0.3) is 0 Å². The van der Waals surface area contributed by atoms with Crippen molar-refractivity contribution in [3.63, 3.8) is 0 Å². The van der Waals surface area contributed by atoms with Gasteiger partial charge in [0.05, 0.1) is 6.54 Å². The summed E-state index contributed by atoms with van der Waals surface area (Å²) in [5.41, 5.74) is 0. The zero-order valence-electron chi connectivity index (χ0n) is 8.31. The lowest BCUT2D eigenvalue weighted by atomic mass is 10.2. The number of rotatable bonds is 8. The highest BCUT2D eigenvalue weighted by Gasteiger charge is 1.97. The summed E-state index contributed by atoms with van der Waals surface area (Å²) in [6.07, 6.45) is 2.74. The van der Waals surface area contributed by atoms with Crippen LogP contribution in [-0.2, 0) is 4.79 Å². The summed E-state index contributed by atoms with van der Waals surface area (Å²) in [4.78, 5) is 11.0. The molecule has 4 nitrogen and oxygen atoms in total. The first-order valence-corrected chi connectivity index (χ1v) is 4.89. The Morgan fingerprint density at radius 2 is 2.08 bits per heavy atom. The molecule has 4 heteroatoms. The fourth-order valence-corrected chi connectivity index (χ4v) is 0.942. The number of carbonyl (C=O) groups excluding carboxylic acids is 1. The zero-order chi connectivity index (χ0) is 9.94. The van der Waals surface area contributed by atoms with Crippen LogP contribution in [0.5, 0.6) is 0 Å². The number of aliphatic hydroxyl groups excluding tert-OH is 1. The number of hydrogen-bond donors (Lipinski definition) is 3. The average molecular weight is 188 g/mol. The Hall–Kier alpha value is -0.610. The molecule has 1 amide bonds. The molecule has 13 heavy (non-hydrogen) atoms. The Morgan fingerprint density at radius 3 is 2.69 bits per heavy atom. The maximum absolute atomic E-state index is 11.0. The molecule has 0 aromatic rings. The molecule has 0 spiro atoms. The van der Waals surface area contributed by atoms with Gasteiger partial charge in [-0.15, -0.1) is 0 Å². The van der Waals surface area contributed by atoms with Crippen LogP contribution in [0.25, 0.3) is 0 Å². The second-order valence-corrected chi connectivity index (χ2v) is 2.91. The smallest absolute Gasteiger partial charge is 0.233 e. The molecule has 0 fully saturated rings. The van der Waals surface area contributed by atoms with E-state index in [1.165, 1.54) is 0 Å². The number of aliphatic hydroxyl groups is 1. The van der Waals surface area contributed by atoms with Crippen molar-refractivity contribution in [3.05, 3.63) is 0 Å². The largest absolute Gasteiger partial charge is 0.396 e. The second-order valence-electron chi connectivity index (χ2n) is 2.91. The second kappa shape index (κ2) is 9.48. The lowest BCUT2D eigenvalue weighted by Gasteiger charge is -2.04. The van der Waals surface area contributed by atoms with Gasteiger partial charge in [0, 0.05) is 13.2 Å². The minimum Gasteiger partial charge on any atom is -0.396 e. The maximum Gasteiger partial charge on any atom is 0.233 e. The number of hydrogen-bond acceptors (Lipinski definition) is 3. The van der Waals surface area contributed by atoms with Crippen LogP contribution in [-0.4, -0.2) is 37.3 Å². The van der Waals surface area contributed by atoms with Crippen LogP contribution in [0.15, 0.2) is 0 Å². The number of amides is 1. The molecule has 0 aromatic carbocycles. The van der Waals surface area contributed by atoms with Crippen LogP contribution in [0.2, 0.25) is 0 Å². The molecule has 3 N–H and O–H groups in total. The van der Waals surface area contributed by atoms with E-state index in [-0.39, 0.29) is 12.5 Å². The molecule has 0 saturated heterocycles. The molecule has 0 radical (unpaired) electrons. The van der Waals surface area contributed by atoms with Gasteiger partial charge in [0.15, 0.2) is 0 Å². The van der Waals surface area contributed by atoms with Gasteiger partial charge in [-0.25, -0.2) is 0 Å². The van der Waals surface area contributed by atoms with Gasteiger partial charge in [-0.1, -0.05) is 6.92 Å². The Kier molecular flexibility index (Phi) is 9.03. The third kappa shape index (κ3) is 9.30. The summed E-state index contributed by atoms with van der Waals surface area (Å²) >= 11 is 0. The van der Waals surface area contributed by atoms with E-state index in [0.29, 0.717) is 13.1 Å². The lowest BCUT2D eigenvalue weighted by molar-refractivity contribution is -0.120. The van der Waals surface area contributed by atoms with E-state index in [0.717, 1.165) is 25.8 Å². The van der Waals surface area contributed by atoms with Crippen molar-refractivity contribution in [2.45, 2.75) is 26.2 Å². The molecule has 0 atom stereocenters. The summed E-state index contributed by atoms with van der Waals surface area (Å²) in [5.74, 6) is 0.0471. The van der Waals surface area contributed by atoms with E-state index in [4.69, 9.17) is 5.11 Å². The molecular formula is C9H20N2O2. The Labute approximate surface area is 79.7 Å². The van der Waals surface area contributed by atoms with Crippen molar-refractivity contribution < 1.29 is 9.90 Å². The van der Waals surface area contributed by atoms with Crippen LogP contribution < -0.4 is 10.6 Å². The Bertz CT molecular complexity index is 129. The van der Waals surface area contributed by atoms with Crippen molar-refractivity contribution in [2.75, 3.05) is 26.2 Å². The molecule has 0 bridgehead atoms. The summed E-state index contributed by atoms with van der Waals surface area (Å²) in [7, 11) is 0. The van der Waals surface area contributed by atoms with Crippen LogP contribution in [0.3, 0.4) is 0 Å². The molecule has 0 heterocycles. The SMILES string of the molecule is CCNCC(=O)NCCCCCO. The Balaban J connectivity index is 3.08. The van der Waals surface area contributed by atoms with Crippen LogP contribution in [0.4, 0.5) is 0 Å². The molecule has 0 aliphatic rings. The molecule has 0 unspecified atom stereocenters. The summed E-state index contributed by atoms with van der Waals surface area (Å²) in [5, 5.41) is 14.2. The summed E-state index contributed by atoms with van der Waals surface area (Å²) < 4.78 is 0. The van der Waals surface area contributed by atoms with Gasteiger partial charge in [-0.3, -0.25) is 4.79 Å². The molecular weight excluding hydrogens is 168 g/mol. The highest BCUT2D eigenvalue weighted by Crippen LogP contribution is 1.91. The molecule has 78 valence electrons. The van der Waals surface area contributed by atoms with E-state index in [1.54, 1.807) is 0 Å². The number of unbranched alkanes of at least 4 members (excludes halogenated alkanes) is 2. The van der Waals surface area contributed by atoms with Gasteiger partial charge in [0.1, 0.15) is 0 Å². The maximum atomic E-state index is 11.0. The normalized spacial score (nSPS) is 10.0. The first-order valence-electron chi connectivity index (χ1n) is 4.89. The minimum absolute atomic E-state index is 0.0471. The lowest BCUT2D eigenvalue weighted by Crippen LogP contribution is -2.34. The quantitative estimate of drug-likeness (QED) is 0.465. The van der Waals surface area contributed by atoms with E-state index in [1.807, 2.05) is 6.92 Å². The van der Waals surface area contributed by atoms with E-state index in [2.05, 4.69) is 10.6 Å². The molecule has 0 rings (SSSR count). The highest BCUT2D eigenvalue weighted by molar-refractivity contribution is 5.77. The summed E-state index contributed by atoms with van der Waals surface area (Å²) in [6, 6.07) is 0. The van der Waals surface area contributed by atoms with E-state index >= 15 is 0 Å². The van der Waals surface area contributed by atoms with Crippen molar-refractivity contribution in [3.8, 4) is 0 Å². The predicted octanol–water partition coefficient (Wildman–Crippen LogP) is -0.125. The standard InChI is InChI=1S/C9H20N2O2/c1-2-10-8-9(13)11-6-4-3-5-7-12/h10,12H,2-8H2,1H3,(H,11,13). The van der Waals surface area contributed by atoms with Gasteiger partial charge in [-0.05, 0) is 25.8 Å². The fraction of sp³-hybridized carbons (Fsp3) is 0.889. The molecule has 0 aromatic heterocycles. The first-order chi connectivity index (χ1) is 6.31. The van der Waals surface area contributed by atoms with Gasteiger partial charge in [0.2, 0.25) is 5.91 Å². The zero-order valence-corrected chi connectivity index (χ0v) is 8.31. The first kappa shape index (κ1) is 12.4. The number of likely N-dealkylation sites (N-methyl/N-ethyl adjacent to an activating group) is 1. The van der Waals surface area contributed by atoms with Gasteiger partial charge < -0.3 is 15.7 Å².